The molecule has 0 aliphatic rings. The van der Waals surface area contributed by atoms with E-state index in [1.807, 2.05) is 0 Å². The maximum atomic E-state index is 14.3. The van der Waals surface area contributed by atoms with Crippen LogP contribution in [0.4, 0.5) is 4.39 Å². The molecule has 4 nitrogen and oxygen atoms in total. The molecule has 0 saturated carbocycles. The summed E-state index contributed by atoms with van der Waals surface area (Å²) in [5.74, 6) is 0.189. The van der Waals surface area contributed by atoms with E-state index in [0.29, 0.717) is 0 Å². The highest BCUT2D eigenvalue weighted by atomic mass is 32.2. The van der Waals surface area contributed by atoms with Gasteiger partial charge in [-0.25, -0.2) is 17.8 Å². The van der Waals surface area contributed by atoms with Crippen LogP contribution in [0.3, 0.4) is 0 Å². The minimum atomic E-state index is -4.18. The number of benzene rings is 1. The van der Waals surface area contributed by atoms with Crippen molar-refractivity contribution in [1.29, 1.82) is 0 Å². The van der Waals surface area contributed by atoms with Crippen molar-refractivity contribution in [2.24, 2.45) is 0 Å². The second-order valence-corrected chi connectivity index (χ2v) is 5.69. The van der Waals surface area contributed by atoms with Crippen molar-refractivity contribution >= 4 is 9.84 Å². The third-order valence-corrected chi connectivity index (χ3v) is 4.21. The van der Waals surface area contributed by atoms with Crippen LogP contribution in [0.15, 0.2) is 53.7 Å². The summed E-state index contributed by atoms with van der Waals surface area (Å²) in [6.45, 7) is 0. The van der Waals surface area contributed by atoms with E-state index in [2.05, 4.69) is 4.98 Å². The largest absolute Gasteiger partial charge is 0.496 e. The van der Waals surface area contributed by atoms with Crippen LogP contribution < -0.4 is 4.74 Å². The molecule has 0 aliphatic heterocycles. The van der Waals surface area contributed by atoms with Gasteiger partial charge in [0.25, 0.3) is 0 Å². The Morgan fingerprint density at radius 1 is 1.16 bits per heavy atom. The molecule has 0 N–H and O–H groups in total. The molecule has 0 amide bonds. The number of alkyl halides is 1. The van der Waals surface area contributed by atoms with Gasteiger partial charge in [0.1, 0.15) is 5.75 Å². The van der Waals surface area contributed by atoms with Crippen LogP contribution in [-0.4, -0.2) is 20.5 Å². The topological polar surface area (TPSA) is 56.3 Å². The van der Waals surface area contributed by atoms with Crippen molar-refractivity contribution in [3.63, 3.8) is 0 Å². The summed E-state index contributed by atoms with van der Waals surface area (Å²) in [5.41, 5.74) is -2.24. The molecule has 0 bridgehead atoms. The summed E-state index contributed by atoms with van der Waals surface area (Å²) in [6, 6.07) is 10.4. The van der Waals surface area contributed by atoms with Gasteiger partial charge < -0.3 is 4.74 Å². The van der Waals surface area contributed by atoms with Gasteiger partial charge in [-0.1, -0.05) is 24.3 Å². The van der Waals surface area contributed by atoms with E-state index in [1.54, 1.807) is 18.2 Å². The van der Waals surface area contributed by atoms with E-state index in [-0.39, 0.29) is 16.3 Å². The first-order valence-electron chi connectivity index (χ1n) is 5.49. The molecule has 1 atom stereocenters. The number of hydrogen-bond donors (Lipinski definition) is 0. The predicted octanol–water partition coefficient (Wildman–Crippen LogP) is 2.53. The van der Waals surface area contributed by atoms with Crippen LogP contribution >= 0.6 is 0 Å². The van der Waals surface area contributed by atoms with Crippen molar-refractivity contribution in [3.8, 4) is 5.75 Å². The van der Waals surface area contributed by atoms with Crippen LogP contribution in [0.5, 0.6) is 5.75 Å². The average Bonchev–Trinajstić information content (AvgIpc) is 2.47. The molecule has 0 fully saturated rings. The monoisotopic (exact) mass is 281 g/mol. The zero-order valence-corrected chi connectivity index (χ0v) is 11.0. The number of para-hydroxylation sites is 1. The Balaban J connectivity index is 2.47. The first-order valence-corrected chi connectivity index (χ1v) is 7.04. The average molecular weight is 281 g/mol. The number of hydrogen-bond acceptors (Lipinski definition) is 4. The van der Waals surface area contributed by atoms with Crippen molar-refractivity contribution in [1.82, 2.24) is 4.98 Å². The van der Waals surface area contributed by atoms with E-state index >= 15 is 0 Å². The van der Waals surface area contributed by atoms with E-state index in [9.17, 15) is 12.8 Å². The number of sulfone groups is 1. The molecule has 2 rings (SSSR count). The van der Waals surface area contributed by atoms with E-state index in [4.69, 9.17) is 4.74 Å². The lowest BCUT2D eigenvalue weighted by Gasteiger charge is -2.12. The van der Waals surface area contributed by atoms with Crippen molar-refractivity contribution in [3.05, 3.63) is 54.2 Å². The number of nitrogens with zero attached hydrogens (tertiary/aromatic N) is 1. The fourth-order valence-electron chi connectivity index (χ4n) is 1.64. The highest BCUT2D eigenvalue weighted by Gasteiger charge is 2.32. The second-order valence-electron chi connectivity index (χ2n) is 3.77. The molecule has 0 saturated heterocycles. The maximum absolute atomic E-state index is 14.3. The molecule has 6 heteroatoms. The zero-order valence-electron chi connectivity index (χ0n) is 10.2. The zero-order chi connectivity index (χ0) is 13.9. The molecule has 0 aliphatic carbocycles. The van der Waals surface area contributed by atoms with Crippen LogP contribution in [0.25, 0.3) is 0 Å². The maximum Gasteiger partial charge on any atom is 0.235 e. The first kappa shape index (κ1) is 13.5. The fraction of sp³-hybridized carbons (Fsp3) is 0.154. The first-order chi connectivity index (χ1) is 9.07. The highest BCUT2D eigenvalue weighted by molar-refractivity contribution is 7.91. The van der Waals surface area contributed by atoms with Gasteiger partial charge in [0, 0.05) is 11.8 Å². The third-order valence-electron chi connectivity index (χ3n) is 2.59. The van der Waals surface area contributed by atoms with Gasteiger partial charge in [-0.05, 0) is 18.2 Å². The molecular weight excluding hydrogens is 269 g/mol. The number of ether oxygens (including phenoxy) is 1. The van der Waals surface area contributed by atoms with Gasteiger partial charge in [0.2, 0.25) is 15.3 Å². The Morgan fingerprint density at radius 3 is 2.47 bits per heavy atom. The van der Waals surface area contributed by atoms with E-state index < -0.39 is 15.3 Å². The Labute approximate surface area is 110 Å². The summed E-state index contributed by atoms with van der Waals surface area (Å²) >= 11 is 0. The molecule has 1 unspecified atom stereocenters. The van der Waals surface area contributed by atoms with Gasteiger partial charge in [-0.3, -0.25) is 0 Å². The number of aromatic nitrogens is 1. The quantitative estimate of drug-likeness (QED) is 0.864. The molecule has 0 spiro atoms. The Bertz CT molecular complexity index is 659. The molecule has 1 aromatic heterocycles. The summed E-state index contributed by atoms with van der Waals surface area (Å²) in [5, 5.41) is -0.298. The second kappa shape index (κ2) is 5.36. The van der Waals surface area contributed by atoms with Crippen molar-refractivity contribution in [2.75, 3.05) is 7.11 Å². The molecule has 0 radical (unpaired) electrons. The minimum Gasteiger partial charge on any atom is -0.496 e. The minimum absolute atomic E-state index is 0.0318. The molecule has 1 heterocycles. The molecule has 2 aromatic rings. The number of halogens is 1. The highest BCUT2D eigenvalue weighted by Crippen LogP contribution is 2.34. The number of pyridine rings is 1. The fourth-order valence-corrected chi connectivity index (χ4v) is 2.86. The summed E-state index contributed by atoms with van der Waals surface area (Å²) < 4.78 is 43.5. The Hall–Kier alpha value is -1.95. The number of rotatable bonds is 4. The molecule has 19 heavy (non-hydrogen) atoms. The van der Waals surface area contributed by atoms with Crippen LogP contribution in [0.1, 0.15) is 11.1 Å². The molecule has 100 valence electrons. The van der Waals surface area contributed by atoms with Crippen LogP contribution in [0.2, 0.25) is 0 Å². The molecular formula is C13H12FNO3S. The van der Waals surface area contributed by atoms with E-state index in [0.717, 1.165) is 0 Å². The molecule has 1 aromatic carbocycles. The van der Waals surface area contributed by atoms with Gasteiger partial charge in [0.15, 0.2) is 5.03 Å². The van der Waals surface area contributed by atoms with Gasteiger partial charge >= 0.3 is 0 Å². The van der Waals surface area contributed by atoms with Crippen molar-refractivity contribution < 1.29 is 17.5 Å². The van der Waals surface area contributed by atoms with Gasteiger partial charge in [-0.2, -0.15) is 0 Å². The van der Waals surface area contributed by atoms with Crippen molar-refractivity contribution in [2.45, 2.75) is 10.5 Å². The summed E-state index contributed by atoms with van der Waals surface area (Å²) in [6.07, 6.45) is 1.31. The summed E-state index contributed by atoms with van der Waals surface area (Å²) in [4.78, 5) is 3.68. The standard InChI is InChI=1S/C13H12FNO3S/c1-18-11-7-3-2-6-10(11)13(14)19(16,17)12-8-4-5-9-15-12/h2-9,13H,1H3. The number of methoxy groups -OCH3 is 1. The Morgan fingerprint density at radius 2 is 1.84 bits per heavy atom. The van der Waals surface area contributed by atoms with Crippen LogP contribution in [0, 0.1) is 0 Å². The third kappa shape index (κ3) is 2.58. The van der Waals surface area contributed by atoms with Gasteiger partial charge in [-0.15, -0.1) is 0 Å². The van der Waals surface area contributed by atoms with E-state index in [1.165, 1.54) is 37.6 Å². The normalized spacial score (nSPS) is 12.9. The Kier molecular flexibility index (Phi) is 3.80. The smallest absolute Gasteiger partial charge is 0.235 e. The summed E-state index contributed by atoms with van der Waals surface area (Å²) in [7, 11) is -2.82. The van der Waals surface area contributed by atoms with Gasteiger partial charge in [0.05, 0.1) is 7.11 Å². The predicted molar refractivity (Wildman–Crippen MR) is 68.3 cm³/mol. The lowest BCUT2D eigenvalue weighted by Crippen LogP contribution is -2.12. The SMILES string of the molecule is COc1ccccc1C(F)S(=O)(=O)c1ccccn1. The van der Waals surface area contributed by atoms with Crippen LogP contribution in [-0.2, 0) is 9.84 Å². The lowest BCUT2D eigenvalue weighted by atomic mass is 10.2. The lowest BCUT2D eigenvalue weighted by molar-refractivity contribution is 0.380.